The predicted octanol–water partition coefficient (Wildman–Crippen LogP) is 3.04. The van der Waals surface area contributed by atoms with Gasteiger partial charge in [-0.2, -0.15) is 0 Å². The Hall–Kier alpha value is -1.17. The highest BCUT2D eigenvalue weighted by Gasteiger charge is 2.43. The summed E-state index contributed by atoms with van der Waals surface area (Å²) in [6.45, 7) is 1.77. The minimum absolute atomic E-state index is 0. The minimum atomic E-state index is -0.599. The zero-order valence-electron chi connectivity index (χ0n) is 14.5. The molecule has 0 bridgehead atoms. The smallest absolute Gasteiger partial charge is 0.230 e. The molecule has 1 aromatic carbocycles. The van der Waals surface area contributed by atoms with E-state index in [0.717, 1.165) is 44.1 Å². The number of carbonyl (C=O) groups excluding carboxylic acids is 1. The third-order valence-corrected chi connectivity index (χ3v) is 5.89. The number of likely N-dealkylation sites (tertiary alicyclic amines) is 1. The van der Waals surface area contributed by atoms with Crippen LogP contribution in [-0.2, 0) is 4.79 Å². The van der Waals surface area contributed by atoms with Gasteiger partial charge in [0.15, 0.2) is 0 Å². The van der Waals surface area contributed by atoms with Crippen molar-refractivity contribution in [1.82, 2.24) is 4.90 Å². The number of amides is 1. The molecule has 2 fully saturated rings. The topological polar surface area (TPSA) is 66.6 Å². The fraction of sp³-hybridized carbons (Fsp3) is 0.632. The number of halogens is 2. The SMILES string of the molecule is Cl.NCC1(C(=O)N2CCC(C(O)c3ccc(F)cc3)CC2)CCCC1. The number of benzene rings is 1. The number of nitrogens with two attached hydrogens (primary N) is 1. The number of carbonyl (C=O) groups is 1. The van der Waals surface area contributed by atoms with Crippen LogP contribution in [0.5, 0.6) is 0 Å². The molecule has 1 aromatic rings. The van der Waals surface area contributed by atoms with Crippen LogP contribution in [0.15, 0.2) is 24.3 Å². The molecule has 140 valence electrons. The van der Waals surface area contributed by atoms with Crippen molar-refractivity contribution in [2.45, 2.75) is 44.6 Å². The van der Waals surface area contributed by atoms with Crippen LogP contribution in [0.4, 0.5) is 4.39 Å². The fourth-order valence-electron chi connectivity index (χ4n) is 4.24. The Morgan fingerprint density at radius 3 is 2.32 bits per heavy atom. The Morgan fingerprint density at radius 1 is 1.24 bits per heavy atom. The van der Waals surface area contributed by atoms with Crippen molar-refractivity contribution in [1.29, 1.82) is 0 Å². The molecule has 1 saturated carbocycles. The highest BCUT2D eigenvalue weighted by Crippen LogP contribution is 2.40. The number of nitrogens with zero attached hydrogens (tertiary/aromatic N) is 1. The van der Waals surface area contributed by atoms with Crippen molar-refractivity contribution in [2.75, 3.05) is 19.6 Å². The second-order valence-corrected chi connectivity index (χ2v) is 7.32. The van der Waals surface area contributed by atoms with E-state index in [2.05, 4.69) is 0 Å². The van der Waals surface area contributed by atoms with E-state index in [-0.39, 0.29) is 35.5 Å². The van der Waals surface area contributed by atoms with Crippen molar-refractivity contribution < 1.29 is 14.3 Å². The Balaban J connectivity index is 0.00000225. The molecule has 25 heavy (non-hydrogen) atoms. The predicted molar refractivity (Wildman–Crippen MR) is 97.9 cm³/mol. The molecule has 4 nitrogen and oxygen atoms in total. The molecule has 3 N–H and O–H groups in total. The number of hydrogen-bond donors (Lipinski definition) is 2. The van der Waals surface area contributed by atoms with Crippen molar-refractivity contribution in [3.8, 4) is 0 Å². The maximum absolute atomic E-state index is 13.0. The molecule has 0 radical (unpaired) electrons. The van der Waals surface area contributed by atoms with E-state index in [9.17, 15) is 14.3 Å². The third kappa shape index (κ3) is 4.15. The van der Waals surface area contributed by atoms with Gasteiger partial charge in [-0.05, 0) is 49.3 Å². The van der Waals surface area contributed by atoms with Gasteiger partial charge in [-0.3, -0.25) is 4.79 Å². The molecule has 1 saturated heterocycles. The maximum Gasteiger partial charge on any atom is 0.230 e. The van der Waals surface area contributed by atoms with Crippen LogP contribution < -0.4 is 5.73 Å². The average Bonchev–Trinajstić information content (AvgIpc) is 3.11. The summed E-state index contributed by atoms with van der Waals surface area (Å²) in [6.07, 6.45) is 4.92. The lowest BCUT2D eigenvalue weighted by Gasteiger charge is -2.39. The van der Waals surface area contributed by atoms with Gasteiger partial charge in [0.1, 0.15) is 5.82 Å². The quantitative estimate of drug-likeness (QED) is 0.856. The maximum atomic E-state index is 13.0. The van der Waals surface area contributed by atoms with Gasteiger partial charge in [0, 0.05) is 19.6 Å². The lowest BCUT2D eigenvalue weighted by Crippen LogP contribution is -2.49. The molecule has 1 heterocycles. The second kappa shape index (κ2) is 8.47. The summed E-state index contributed by atoms with van der Waals surface area (Å²) < 4.78 is 13.0. The standard InChI is InChI=1S/C19H27FN2O2.ClH/c20-16-5-3-14(4-6-16)17(23)15-7-11-22(12-8-15)18(24)19(13-21)9-1-2-10-19;/h3-6,15,17,23H,1-2,7-13,21H2;1H. The summed E-state index contributed by atoms with van der Waals surface area (Å²) in [5.41, 5.74) is 6.32. The van der Waals surface area contributed by atoms with E-state index in [4.69, 9.17) is 5.73 Å². The molecule has 0 spiro atoms. The molecular weight excluding hydrogens is 343 g/mol. The first kappa shape index (κ1) is 20.1. The molecule has 1 amide bonds. The van der Waals surface area contributed by atoms with Gasteiger partial charge >= 0.3 is 0 Å². The Bertz CT molecular complexity index is 567. The van der Waals surface area contributed by atoms with E-state index in [1.807, 2.05) is 4.90 Å². The van der Waals surface area contributed by atoms with E-state index in [1.54, 1.807) is 12.1 Å². The molecule has 2 aliphatic rings. The first-order chi connectivity index (χ1) is 11.6. The van der Waals surface area contributed by atoms with Gasteiger partial charge in [-0.15, -0.1) is 12.4 Å². The van der Waals surface area contributed by atoms with Crippen LogP contribution in [0.25, 0.3) is 0 Å². The summed E-state index contributed by atoms with van der Waals surface area (Å²) in [7, 11) is 0. The minimum Gasteiger partial charge on any atom is -0.388 e. The highest BCUT2D eigenvalue weighted by molar-refractivity contribution is 5.85. The summed E-state index contributed by atoms with van der Waals surface area (Å²) >= 11 is 0. The third-order valence-electron chi connectivity index (χ3n) is 5.89. The monoisotopic (exact) mass is 370 g/mol. The van der Waals surface area contributed by atoms with Crippen molar-refractivity contribution in [3.05, 3.63) is 35.6 Å². The normalized spacial score (nSPS) is 21.6. The van der Waals surface area contributed by atoms with Crippen LogP contribution in [0.3, 0.4) is 0 Å². The number of hydrogen-bond acceptors (Lipinski definition) is 3. The number of piperidine rings is 1. The Labute approximate surface area is 155 Å². The van der Waals surface area contributed by atoms with E-state index in [1.165, 1.54) is 12.1 Å². The van der Waals surface area contributed by atoms with Crippen molar-refractivity contribution in [3.63, 3.8) is 0 Å². The van der Waals surface area contributed by atoms with Crippen LogP contribution in [0.1, 0.15) is 50.2 Å². The summed E-state index contributed by atoms with van der Waals surface area (Å²) in [4.78, 5) is 14.8. The number of rotatable bonds is 4. The number of aliphatic hydroxyl groups excluding tert-OH is 1. The molecule has 1 unspecified atom stereocenters. The zero-order chi connectivity index (χ0) is 17.2. The van der Waals surface area contributed by atoms with Crippen LogP contribution in [0.2, 0.25) is 0 Å². The van der Waals surface area contributed by atoms with Gasteiger partial charge in [-0.25, -0.2) is 4.39 Å². The van der Waals surface area contributed by atoms with Crippen LogP contribution in [0, 0.1) is 17.2 Å². The first-order valence-electron chi connectivity index (χ1n) is 8.99. The van der Waals surface area contributed by atoms with Gasteiger partial charge in [0.25, 0.3) is 0 Å². The van der Waals surface area contributed by atoms with Crippen LogP contribution in [-0.4, -0.2) is 35.5 Å². The number of aliphatic hydroxyl groups is 1. The second-order valence-electron chi connectivity index (χ2n) is 7.32. The van der Waals surface area contributed by atoms with Gasteiger partial charge in [0.2, 0.25) is 5.91 Å². The van der Waals surface area contributed by atoms with Gasteiger partial charge in [-0.1, -0.05) is 25.0 Å². The van der Waals surface area contributed by atoms with E-state index < -0.39 is 6.10 Å². The summed E-state index contributed by atoms with van der Waals surface area (Å²) in [5, 5.41) is 10.5. The molecule has 1 atom stereocenters. The molecule has 0 aromatic heterocycles. The largest absolute Gasteiger partial charge is 0.388 e. The Kier molecular flexibility index (Phi) is 6.83. The Morgan fingerprint density at radius 2 is 1.80 bits per heavy atom. The summed E-state index contributed by atoms with van der Waals surface area (Å²) in [5.74, 6) is 0.0177. The highest BCUT2D eigenvalue weighted by atomic mass is 35.5. The average molecular weight is 371 g/mol. The molecule has 6 heteroatoms. The van der Waals surface area contributed by atoms with Crippen LogP contribution >= 0.6 is 12.4 Å². The van der Waals surface area contributed by atoms with Gasteiger partial charge < -0.3 is 15.7 Å². The molecule has 1 aliphatic carbocycles. The molecule has 1 aliphatic heterocycles. The van der Waals surface area contributed by atoms with E-state index >= 15 is 0 Å². The lowest BCUT2D eigenvalue weighted by atomic mass is 9.82. The lowest BCUT2D eigenvalue weighted by molar-refractivity contribution is -0.143. The van der Waals surface area contributed by atoms with Crippen molar-refractivity contribution in [2.24, 2.45) is 17.1 Å². The summed E-state index contributed by atoms with van der Waals surface area (Å²) in [6, 6.07) is 6.03. The first-order valence-corrected chi connectivity index (χ1v) is 8.99. The zero-order valence-corrected chi connectivity index (χ0v) is 15.3. The van der Waals surface area contributed by atoms with E-state index in [0.29, 0.717) is 19.6 Å². The molecule has 3 rings (SSSR count). The van der Waals surface area contributed by atoms with Crippen molar-refractivity contribution >= 4 is 18.3 Å². The fourth-order valence-corrected chi connectivity index (χ4v) is 4.24. The molecular formula is C19H28ClFN2O2. The van der Waals surface area contributed by atoms with Gasteiger partial charge in [0.05, 0.1) is 11.5 Å².